The molecule has 0 radical (unpaired) electrons. The Kier molecular flexibility index (Phi) is 7.92. The van der Waals surface area contributed by atoms with Gasteiger partial charge in [0.15, 0.2) is 0 Å². The molecular formula is C15H32N+. The first-order chi connectivity index (χ1) is 7.83. The van der Waals surface area contributed by atoms with Crippen molar-refractivity contribution in [3.63, 3.8) is 0 Å². The molecule has 2 atom stereocenters. The van der Waals surface area contributed by atoms with Crippen LogP contribution >= 0.6 is 0 Å². The molecule has 0 spiro atoms. The van der Waals surface area contributed by atoms with Crippen LogP contribution in [0.4, 0.5) is 0 Å². The van der Waals surface area contributed by atoms with Crippen LogP contribution in [0.2, 0.25) is 0 Å². The summed E-state index contributed by atoms with van der Waals surface area (Å²) in [6.45, 7) is 9.02. The zero-order chi connectivity index (χ0) is 11.6. The second-order valence-electron chi connectivity index (χ2n) is 5.82. The van der Waals surface area contributed by atoms with Crippen LogP contribution in [0.15, 0.2) is 0 Å². The molecule has 0 aromatic carbocycles. The van der Waals surface area contributed by atoms with E-state index >= 15 is 0 Å². The van der Waals surface area contributed by atoms with Crippen molar-refractivity contribution >= 4 is 0 Å². The minimum absolute atomic E-state index is 0.990. The molecule has 2 unspecified atom stereocenters. The highest BCUT2D eigenvalue weighted by atomic mass is 15.1. The number of hydrogen-bond acceptors (Lipinski definition) is 0. The van der Waals surface area contributed by atoms with E-state index in [9.17, 15) is 0 Å². The molecular weight excluding hydrogens is 194 g/mol. The van der Waals surface area contributed by atoms with E-state index in [-0.39, 0.29) is 0 Å². The van der Waals surface area contributed by atoms with E-state index in [1.165, 1.54) is 77.4 Å². The Bertz CT molecular complexity index is 156. The van der Waals surface area contributed by atoms with Gasteiger partial charge >= 0.3 is 0 Å². The van der Waals surface area contributed by atoms with E-state index in [1.807, 2.05) is 4.90 Å². The van der Waals surface area contributed by atoms with E-state index in [4.69, 9.17) is 0 Å². The Morgan fingerprint density at radius 3 is 2.12 bits per heavy atom. The monoisotopic (exact) mass is 226 g/mol. The van der Waals surface area contributed by atoms with E-state index < -0.39 is 0 Å². The van der Waals surface area contributed by atoms with Crippen molar-refractivity contribution < 1.29 is 4.90 Å². The Morgan fingerprint density at radius 1 is 0.938 bits per heavy atom. The molecule has 1 aliphatic heterocycles. The second kappa shape index (κ2) is 9.04. The van der Waals surface area contributed by atoms with E-state index in [2.05, 4.69) is 13.8 Å². The molecule has 0 bridgehead atoms. The summed E-state index contributed by atoms with van der Waals surface area (Å²) in [6, 6.07) is 0. The number of nitrogens with one attached hydrogen (secondary N) is 1. The number of quaternary nitrogens is 1. The first-order valence-corrected chi connectivity index (χ1v) is 7.66. The summed E-state index contributed by atoms with van der Waals surface area (Å²) in [5, 5.41) is 0. The molecule has 0 aromatic rings. The van der Waals surface area contributed by atoms with Crippen LogP contribution in [-0.4, -0.2) is 19.6 Å². The fraction of sp³-hybridized carbons (Fsp3) is 1.00. The topological polar surface area (TPSA) is 4.44 Å². The first kappa shape index (κ1) is 14.0. The highest BCUT2D eigenvalue weighted by molar-refractivity contribution is 4.55. The van der Waals surface area contributed by atoms with Crippen LogP contribution in [0.1, 0.15) is 71.6 Å². The fourth-order valence-electron chi connectivity index (χ4n) is 2.88. The number of likely N-dealkylation sites (tertiary alicyclic amines) is 1. The van der Waals surface area contributed by atoms with Crippen LogP contribution in [0.3, 0.4) is 0 Å². The minimum atomic E-state index is 0.990. The highest BCUT2D eigenvalue weighted by Crippen LogP contribution is 2.08. The van der Waals surface area contributed by atoms with Gasteiger partial charge < -0.3 is 4.90 Å². The summed E-state index contributed by atoms with van der Waals surface area (Å²) in [4.78, 5) is 1.87. The van der Waals surface area contributed by atoms with Gasteiger partial charge in [0.2, 0.25) is 0 Å². The molecule has 1 heteroatoms. The smallest absolute Gasteiger partial charge is 0.0799 e. The van der Waals surface area contributed by atoms with Crippen molar-refractivity contribution in [3.8, 4) is 0 Å². The first-order valence-electron chi connectivity index (χ1n) is 7.66. The Labute approximate surface area is 103 Å². The lowest BCUT2D eigenvalue weighted by Gasteiger charge is -2.12. The summed E-state index contributed by atoms with van der Waals surface area (Å²) in [5.41, 5.74) is 0. The van der Waals surface area contributed by atoms with Gasteiger partial charge in [0.1, 0.15) is 0 Å². The molecule has 1 saturated heterocycles. The van der Waals surface area contributed by atoms with Crippen molar-refractivity contribution in [3.05, 3.63) is 0 Å². The lowest BCUT2D eigenvalue weighted by molar-refractivity contribution is -0.889. The van der Waals surface area contributed by atoms with E-state index in [0.717, 1.165) is 5.92 Å². The molecule has 1 rings (SSSR count). The maximum Gasteiger partial charge on any atom is 0.0799 e. The number of rotatable bonds is 9. The van der Waals surface area contributed by atoms with Crippen molar-refractivity contribution in [1.82, 2.24) is 0 Å². The molecule has 0 saturated carbocycles. The summed E-state index contributed by atoms with van der Waals surface area (Å²) in [7, 11) is 0. The summed E-state index contributed by atoms with van der Waals surface area (Å²) < 4.78 is 0. The zero-order valence-electron chi connectivity index (χ0n) is 11.6. The van der Waals surface area contributed by atoms with Gasteiger partial charge in [-0.05, 0) is 12.8 Å². The van der Waals surface area contributed by atoms with Crippen molar-refractivity contribution in [2.75, 3.05) is 19.6 Å². The van der Waals surface area contributed by atoms with Crippen LogP contribution in [0.25, 0.3) is 0 Å². The lowest BCUT2D eigenvalue weighted by Crippen LogP contribution is -3.10. The van der Waals surface area contributed by atoms with Crippen LogP contribution in [0, 0.1) is 5.92 Å². The molecule has 0 aliphatic carbocycles. The second-order valence-corrected chi connectivity index (χ2v) is 5.82. The van der Waals surface area contributed by atoms with Gasteiger partial charge in [-0.25, -0.2) is 0 Å². The minimum Gasteiger partial charge on any atom is -0.335 e. The summed E-state index contributed by atoms with van der Waals surface area (Å²) in [5.74, 6) is 0.990. The average Bonchev–Trinajstić information content (AvgIpc) is 2.68. The third-order valence-electron chi connectivity index (χ3n) is 4.01. The van der Waals surface area contributed by atoms with E-state index in [1.54, 1.807) is 0 Å². The SMILES string of the molecule is CCCCCCCCCC[NH+]1CCC(C)C1. The molecule has 96 valence electrons. The molecule has 1 fully saturated rings. The predicted molar refractivity (Wildman–Crippen MR) is 72.0 cm³/mol. The maximum absolute atomic E-state index is 2.40. The normalized spacial score (nSPS) is 25.1. The van der Waals surface area contributed by atoms with Gasteiger partial charge in [0.25, 0.3) is 0 Å². The van der Waals surface area contributed by atoms with Gasteiger partial charge in [-0.15, -0.1) is 0 Å². The van der Waals surface area contributed by atoms with Crippen LogP contribution < -0.4 is 4.90 Å². The fourth-order valence-corrected chi connectivity index (χ4v) is 2.88. The Hall–Kier alpha value is -0.0400. The Balaban J connectivity index is 1.78. The summed E-state index contributed by atoms with van der Waals surface area (Å²) >= 11 is 0. The molecule has 0 amide bonds. The molecule has 1 N–H and O–H groups in total. The average molecular weight is 226 g/mol. The predicted octanol–water partition coefficient (Wildman–Crippen LogP) is 3.05. The van der Waals surface area contributed by atoms with Gasteiger partial charge in [0.05, 0.1) is 19.6 Å². The molecule has 16 heavy (non-hydrogen) atoms. The van der Waals surface area contributed by atoms with Gasteiger partial charge in [-0.1, -0.05) is 52.4 Å². The number of unbranched alkanes of at least 4 members (excludes halogenated alkanes) is 7. The zero-order valence-corrected chi connectivity index (χ0v) is 11.6. The Morgan fingerprint density at radius 2 is 1.56 bits per heavy atom. The van der Waals surface area contributed by atoms with Gasteiger partial charge in [-0.2, -0.15) is 0 Å². The van der Waals surface area contributed by atoms with E-state index in [0.29, 0.717) is 0 Å². The highest BCUT2D eigenvalue weighted by Gasteiger charge is 2.21. The van der Waals surface area contributed by atoms with Crippen molar-refractivity contribution in [2.45, 2.75) is 71.6 Å². The molecule has 1 nitrogen and oxygen atoms in total. The number of hydrogen-bond donors (Lipinski definition) is 1. The maximum atomic E-state index is 2.40. The van der Waals surface area contributed by atoms with Gasteiger partial charge in [0, 0.05) is 12.3 Å². The van der Waals surface area contributed by atoms with Gasteiger partial charge in [-0.3, -0.25) is 0 Å². The van der Waals surface area contributed by atoms with Crippen molar-refractivity contribution in [1.29, 1.82) is 0 Å². The van der Waals surface area contributed by atoms with Crippen LogP contribution in [-0.2, 0) is 0 Å². The third-order valence-corrected chi connectivity index (χ3v) is 4.01. The third kappa shape index (κ3) is 6.52. The quantitative estimate of drug-likeness (QED) is 0.576. The molecule has 1 heterocycles. The molecule has 1 aliphatic rings. The largest absolute Gasteiger partial charge is 0.335 e. The van der Waals surface area contributed by atoms with Crippen LogP contribution in [0.5, 0.6) is 0 Å². The molecule has 0 aromatic heterocycles. The van der Waals surface area contributed by atoms with Crippen molar-refractivity contribution in [2.24, 2.45) is 5.92 Å². The lowest BCUT2D eigenvalue weighted by atomic mass is 10.1. The summed E-state index contributed by atoms with van der Waals surface area (Å²) in [6.07, 6.45) is 13.1. The standard InChI is InChI=1S/C15H31N/c1-3-4-5-6-7-8-9-10-12-16-13-11-15(2)14-16/h15H,3-14H2,1-2H3/p+1.